The monoisotopic (exact) mass is 472 g/mol. The highest BCUT2D eigenvalue weighted by Gasteiger charge is 2.23. The zero-order valence-electron chi connectivity index (χ0n) is 19.8. The van der Waals surface area contributed by atoms with E-state index in [2.05, 4.69) is 9.97 Å². The molecule has 0 amide bonds. The fourth-order valence-electron chi connectivity index (χ4n) is 4.14. The first kappa shape index (κ1) is 24.0. The fourth-order valence-corrected chi connectivity index (χ4v) is 4.14. The molecule has 180 valence electrons. The molecule has 2 aromatic carbocycles. The van der Waals surface area contributed by atoms with E-state index < -0.39 is 11.9 Å². The predicted octanol–water partition coefficient (Wildman–Crippen LogP) is 6.09. The standard InChI is InChI=1S/C28H28N2O5/c1-3-24(19-9-5-4-6-10-19)35-28(33)27-18(2)30-23-15-21(20-11-7-13-29-17-20)25(16-22(23)27)34-14-8-12-26(31)32/h4-7,9-11,13,15-17,24,30H,3,8,12,14H2,1-2H3,(H,31,32). The van der Waals surface area contributed by atoms with Gasteiger partial charge in [0.15, 0.2) is 0 Å². The maximum Gasteiger partial charge on any atom is 0.341 e. The smallest absolute Gasteiger partial charge is 0.341 e. The number of carbonyl (C=O) groups excluding carboxylic acids is 1. The van der Waals surface area contributed by atoms with Gasteiger partial charge in [-0.05, 0) is 43.5 Å². The lowest BCUT2D eigenvalue weighted by molar-refractivity contribution is -0.137. The summed E-state index contributed by atoms with van der Waals surface area (Å²) in [6.45, 7) is 4.06. The Balaban J connectivity index is 1.70. The van der Waals surface area contributed by atoms with Crippen LogP contribution in [0.1, 0.15) is 53.9 Å². The Hall–Kier alpha value is -4.13. The van der Waals surface area contributed by atoms with Gasteiger partial charge in [0.1, 0.15) is 11.9 Å². The minimum Gasteiger partial charge on any atom is -0.493 e. The van der Waals surface area contributed by atoms with Crippen LogP contribution in [0.2, 0.25) is 0 Å². The molecule has 0 saturated heterocycles. The summed E-state index contributed by atoms with van der Waals surface area (Å²) in [6.07, 6.45) is 4.12. The van der Waals surface area contributed by atoms with Crippen LogP contribution in [-0.4, -0.2) is 33.6 Å². The number of aryl methyl sites for hydroxylation is 1. The fraction of sp³-hybridized carbons (Fsp3) is 0.250. The van der Waals surface area contributed by atoms with Gasteiger partial charge >= 0.3 is 11.9 Å². The molecule has 2 aromatic heterocycles. The zero-order chi connectivity index (χ0) is 24.8. The molecule has 2 N–H and O–H groups in total. The molecule has 0 aliphatic rings. The number of carbonyl (C=O) groups is 2. The predicted molar refractivity (Wildman–Crippen MR) is 134 cm³/mol. The van der Waals surface area contributed by atoms with Crippen molar-refractivity contribution in [2.45, 2.75) is 39.2 Å². The molecule has 2 heterocycles. The molecule has 0 bridgehead atoms. The van der Waals surface area contributed by atoms with Crippen molar-refractivity contribution < 1.29 is 24.2 Å². The first-order valence-corrected chi connectivity index (χ1v) is 11.6. The number of esters is 1. The van der Waals surface area contributed by atoms with Crippen molar-refractivity contribution in [2.75, 3.05) is 6.61 Å². The summed E-state index contributed by atoms with van der Waals surface area (Å²) in [6, 6.07) is 17.2. The number of pyridine rings is 1. The summed E-state index contributed by atoms with van der Waals surface area (Å²) >= 11 is 0. The number of hydrogen-bond acceptors (Lipinski definition) is 5. The van der Waals surface area contributed by atoms with Gasteiger partial charge in [0.2, 0.25) is 0 Å². The number of benzene rings is 2. The lowest BCUT2D eigenvalue weighted by Gasteiger charge is -2.17. The van der Waals surface area contributed by atoms with Gasteiger partial charge in [0.25, 0.3) is 0 Å². The van der Waals surface area contributed by atoms with Crippen LogP contribution in [0.5, 0.6) is 5.75 Å². The SMILES string of the molecule is CCC(OC(=O)c1c(C)[nH]c2cc(-c3cccnc3)c(OCCCC(=O)O)cc12)c1ccccc1. The first-order chi connectivity index (χ1) is 17.0. The molecule has 35 heavy (non-hydrogen) atoms. The van der Waals surface area contributed by atoms with Crippen LogP contribution in [0.3, 0.4) is 0 Å². The van der Waals surface area contributed by atoms with E-state index >= 15 is 0 Å². The van der Waals surface area contributed by atoms with E-state index in [9.17, 15) is 9.59 Å². The topological polar surface area (TPSA) is 102 Å². The van der Waals surface area contributed by atoms with Crippen molar-refractivity contribution in [3.63, 3.8) is 0 Å². The van der Waals surface area contributed by atoms with E-state index in [0.717, 1.165) is 22.2 Å². The highest BCUT2D eigenvalue weighted by Crippen LogP contribution is 2.37. The Morgan fingerprint density at radius 2 is 1.91 bits per heavy atom. The highest BCUT2D eigenvalue weighted by atomic mass is 16.5. The van der Waals surface area contributed by atoms with Crippen LogP contribution in [0.15, 0.2) is 67.0 Å². The van der Waals surface area contributed by atoms with Gasteiger partial charge in [-0.3, -0.25) is 9.78 Å². The Morgan fingerprint density at radius 1 is 1.11 bits per heavy atom. The molecule has 0 saturated carbocycles. The van der Waals surface area contributed by atoms with Crippen molar-refractivity contribution in [3.8, 4) is 16.9 Å². The Morgan fingerprint density at radius 3 is 2.60 bits per heavy atom. The van der Waals surface area contributed by atoms with Gasteiger partial charge < -0.3 is 19.6 Å². The van der Waals surface area contributed by atoms with E-state index in [4.69, 9.17) is 14.6 Å². The number of carboxylic acid groups (broad SMARTS) is 1. The van der Waals surface area contributed by atoms with Gasteiger partial charge in [0.05, 0.1) is 12.2 Å². The lowest BCUT2D eigenvalue weighted by Crippen LogP contribution is -2.12. The van der Waals surface area contributed by atoms with Crippen molar-refractivity contribution in [2.24, 2.45) is 0 Å². The number of nitrogens with zero attached hydrogens (tertiary/aromatic N) is 1. The molecule has 7 heteroatoms. The average molecular weight is 473 g/mol. The first-order valence-electron chi connectivity index (χ1n) is 11.6. The van der Waals surface area contributed by atoms with Crippen molar-refractivity contribution in [1.29, 1.82) is 0 Å². The van der Waals surface area contributed by atoms with Gasteiger partial charge in [-0.25, -0.2) is 4.79 Å². The van der Waals surface area contributed by atoms with Crippen LogP contribution in [0.25, 0.3) is 22.0 Å². The van der Waals surface area contributed by atoms with Crippen LogP contribution < -0.4 is 4.74 Å². The summed E-state index contributed by atoms with van der Waals surface area (Å²) < 4.78 is 11.9. The molecule has 0 aliphatic carbocycles. The quantitative estimate of drug-likeness (QED) is 0.214. The number of H-pyrrole nitrogens is 1. The summed E-state index contributed by atoms with van der Waals surface area (Å²) in [7, 11) is 0. The summed E-state index contributed by atoms with van der Waals surface area (Å²) in [4.78, 5) is 31.7. The number of nitrogens with one attached hydrogen (secondary N) is 1. The molecular weight excluding hydrogens is 444 g/mol. The van der Waals surface area contributed by atoms with Gasteiger partial charge in [-0.2, -0.15) is 0 Å². The van der Waals surface area contributed by atoms with Crippen molar-refractivity contribution >= 4 is 22.8 Å². The molecule has 0 aliphatic heterocycles. The van der Waals surface area contributed by atoms with Crippen molar-refractivity contribution in [3.05, 3.63) is 83.8 Å². The van der Waals surface area contributed by atoms with E-state index in [0.29, 0.717) is 35.2 Å². The summed E-state index contributed by atoms with van der Waals surface area (Å²) in [5.74, 6) is -0.721. The number of hydrogen-bond donors (Lipinski definition) is 2. The Bertz CT molecular complexity index is 1320. The number of ether oxygens (including phenoxy) is 2. The minimum atomic E-state index is -0.869. The molecule has 0 spiro atoms. The van der Waals surface area contributed by atoms with E-state index in [1.807, 2.05) is 68.4 Å². The minimum absolute atomic E-state index is 0.0171. The Labute approximate surface area is 203 Å². The largest absolute Gasteiger partial charge is 0.493 e. The Kier molecular flexibility index (Phi) is 7.45. The lowest BCUT2D eigenvalue weighted by atomic mass is 10.0. The van der Waals surface area contributed by atoms with Crippen LogP contribution in [0, 0.1) is 6.92 Å². The second-order valence-corrected chi connectivity index (χ2v) is 8.32. The number of rotatable bonds is 10. The second-order valence-electron chi connectivity index (χ2n) is 8.32. The molecule has 4 aromatic rings. The average Bonchev–Trinajstić information content (AvgIpc) is 3.20. The van der Waals surface area contributed by atoms with E-state index in [1.54, 1.807) is 12.4 Å². The third kappa shape index (κ3) is 5.51. The van der Waals surface area contributed by atoms with Crippen molar-refractivity contribution in [1.82, 2.24) is 9.97 Å². The summed E-state index contributed by atoms with van der Waals surface area (Å²) in [5.41, 5.74) is 4.55. The van der Waals surface area contributed by atoms with Gasteiger partial charge in [-0.1, -0.05) is 43.3 Å². The number of aromatic nitrogens is 2. The van der Waals surface area contributed by atoms with Gasteiger partial charge in [0, 0.05) is 46.5 Å². The normalized spacial score (nSPS) is 11.8. The number of fused-ring (bicyclic) bond motifs is 1. The van der Waals surface area contributed by atoms with E-state index in [1.165, 1.54) is 0 Å². The third-order valence-corrected chi connectivity index (χ3v) is 5.85. The maximum absolute atomic E-state index is 13.3. The number of aliphatic carboxylic acids is 1. The van der Waals surface area contributed by atoms with Crippen LogP contribution >= 0.6 is 0 Å². The second kappa shape index (κ2) is 10.9. The molecule has 0 fully saturated rings. The molecule has 0 radical (unpaired) electrons. The third-order valence-electron chi connectivity index (χ3n) is 5.85. The van der Waals surface area contributed by atoms with E-state index in [-0.39, 0.29) is 19.1 Å². The van der Waals surface area contributed by atoms with Crippen LogP contribution in [-0.2, 0) is 9.53 Å². The molecule has 7 nitrogen and oxygen atoms in total. The number of carboxylic acids is 1. The molecule has 1 unspecified atom stereocenters. The van der Waals surface area contributed by atoms with Crippen LogP contribution in [0.4, 0.5) is 0 Å². The molecule has 4 rings (SSSR count). The number of aromatic amines is 1. The maximum atomic E-state index is 13.3. The molecule has 1 atom stereocenters. The highest BCUT2D eigenvalue weighted by molar-refractivity contribution is 6.07. The molecular formula is C28H28N2O5. The zero-order valence-corrected chi connectivity index (χ0v) is 19.8. The summed E-state index contributed by atoms with van der Waals surface area (Å²) in [5, 5.41) is 9.63. The van der Waals surface area contributed by atoms with Gasteiger partial charge in [-0.15, -0.1) is 0 Å².